The van der Waals surface area contributed by atoms with Crippen LogP contribution in [0.4, 0.5) is 5.69 Å². The number of fused-ring (bicyclic) bond motifs is 1. The van der Waals surface area contributed by atoms with Crippen molar-refractivity contribution in [2.24, 2.45) is 29.6 Å². The second-order valence-electron chi connectivity index (χ2n) is 12.1. The van der Waals surface area contributed by atoms with E-state index in [9.17, 15) is 0 Å². The molecule has 4 bridgehead atoms. The van der Waals surface area contributed by atoms with Gasteiger partial charge in [0.1, 0.15) is 0 Å². The first-order valence-corrected chi connectivity index (χ1v) is 14.5. The zero-order chi connectivity index (χ0) is 24.2. The average Bonchev–Trinajstić information content (AvgIpc) is 3.25. The third kappa shape index (κ3) is 4.23. The summed E-state index contributed by atoms with van der Waals surface area (Å²) < 4.78 is 6.86. The number of hydrogen-bond donors (Lipinski definition) is 2. The predicted molar refractivity (Wildman–Crippen MR) is 140 cm³/mol. The Morgan fingerprint density at radius 1 is 0.917 bits per heavy atom. The van der Waals surface area contributed by atoms with Crippen LogP contribution in [-0.2, 0) is 14.5 Å². The highest BCUT2D eigenvalue weighted by molar-refractivity contribution is 6.31. The summed E-state index contributed by atoms with van der Waals surface area (Å²) in [5.41, 5.74) is 2.03. The Balaban J connectivity index is 0.844. The normalized spacial score (nSPS) is 39.0. The first-order chi connectivity index (χ1) is 17.6. The number of ether oxygens (including phenoxy) is 1. The smallest absolute Gasteiger partial charge is 0.210 e. The third-order valence-corrected chi connectivity index (χ3v) is 10.1. The maximum Gasteiger partial charge on any atom is 0.210 e. The van der Waals surface area contributed by atoms with E-state index < -0.39 is 11.6 Å². The second-order valence-corrected chi connectivity index (χ2v) is 12.6. The number of halogens is 1. The fraction of sp³-hybridized carbons (Fsp3) is 0.690. The number of rotatable bonds is 7. The first-order valence-electron chi connectivity index (χ1n) is 14.2. The molecule has 5 saturated carbocycles. The van der Waals surface area contributed by atoms with Gasteiger partial charge in [0.05, 0.1) is 5.52 Å². The number of nitrogens with zero attached hydrogens (tertiary/aromatic N) is 1. The Labute approximate surface area is 218 Å². The monoisotopic (exact) mass is 511 g/mol. The Bertz CT molecular complexity index is 1070. The molecule has 0 atom stereocenters. The predicted octanol–water partition coefficient (Wildman–Crippen LogP) is 6.30. The lowest BCUT2D eigenvalue weighted by molar-refractivity contribution is -0.390. The molecule has 1 aliphatic heterocycles. The van der Waals surface area contributed by atoms with Crippen molar-refractivity contribution in [1.82, 2.24) is 10.3 Å². The molecule has 1 aromatic heterocycles. The van der Waals surface area contributed by atoms with Crippen molar-refractivity contribution < 1.29 is 14.5 Å². The first kappa shape index (κ1) is 23.7. The lowest BCUT2D eigenvalue weighted by Gasteiger charge is -2.57. The molecular weight excluding hydrogens is 474 g/mol. The van der Waals surface area contributed by atoms with Crippen LogP contribution in [0.25, 0.3) is 10.9 Å². The molecule has 194 valence electrons. The lowest BCUT2D eigenvalue weighted by atomic mass is 9.53. The van der Waals surface area contributed by atoms with Crippen LogP contribution < -0.4 is 10.6 Å². The average molecular weight is 512 g/mol. The minimum atomic E-state index is -0.485. The van der Waals surface area contributed by atoms with Gasteiger partial charge in [-0.2, -0.15) is 9.78 Å². The van der Waals surface area contributed by atoms with Crippen LogP contribution in [-0.4, -0.2) is 36.2 Å². The van der Waals surface area contributed by atoms with Gasteiger partial charge in [-0.3, -0.25) is 4.98 Å². The number of hydrogen-bond acceptors (Lipinski definition) is 6. The topological polar surface area (TPSA) is 64.6 Å². The summed E-state index contributed by atoms with van der Waals surface area (Å²) in [7, 11) is 0. The molecule has 6 fully saturated rings. The molecule has 36 heavy (non-hydrogen) atoms. The van der Waals surface area contributed by atoms with E-state index in [-0.39, 0.29) is 0 Å². The van der Waals surface area contributed by atoms with Gasteiger partial charge < -0.3 is 15.4 Å². The zero-order valence-electron chi connectivity index (χ0n) is 21.0. The number of anilines is 1. The molecule has 6 aliphatic rings. The van der Waals surface area contributed by atoms with E-state index in [1.54, 1.807) is 0 Å². The van der Waals surface area contributed by atoms with E-state index in [1.165, 1.54) is 38.5 Å². The molecule has 2 aromatic rings. The Morgan fingerprint density at radius 2 is 1.69 bits per heavy atom. The molecule has 2 heterocycles. The minimum Gasteiger partial charge on any atom is -0.383 e. The highest BCUT2D eigenvalue weighted by Gasteiger charge is 2.66. The van der Waals surface area contributed by atoms with Crippen LogP contribution >= 0.6 is 11.6 Å². The van der Waals surface area contributed by atoms with Gasteiger partial charge in [0.2, 0.25) is 11.6 Å². The van der Waals surface area contributed by atoms with Crippen molar-refractivity contribution >= 4 is 28.2 Å². The second kappa shape index (κ2) is 9.39. The Morgan fingerprint density at radius 3 is 2.47 bits per heavy atom. The molecule has 0 radical (unpaired) electrons. The van der Waals surface area contributed by atoms with Gasteiger partial charge in [0, 0.05) is 60.1 Å². The summed E-state index contributed by atoms with van der Waals surface area (Å²) in [4.78, 5) is 16.7. The van der Waals surface area contributed by atoms with E-state index in [0.717, 1.165) is 79.7 Å². The summed E-state index contributed by atoms with van der Waals surface area (Å²) in [5, 5.41) is 8.97. The van der Waals surface area contributed by atoms with Crippen LogP contribution in [0.1, 0.15) is 64.2 Å². The summed E-state index contributed by atoms with van der Waals surface area (Å²) in [6.07, 6.45) is 13.8. The molecule has 5 aliphatic carbocycles. The Hall–Kier alpha value is -1.44. The maximum absolute atomic E-state index is 6.86. The molecule has 1 saturated heterocycles. The van der Waals surface area contributed by atoms with Crippen molar-refractivity contribution in [3.05, 3.63) is 35.5 Å². The van der Waals surface area contributed by atoms with Crippen LogP contribution in [0.15, 0.2) is 30.5 Å². The van der Waals surface area contributed by atoms with Crippen molar-refractivity contribution in [3.63, 3.8) is 0 Å². The standard InChI is InChI=1S/C29H38ClN3O3/c30-24-1-2-25-26(6-10-32-27(25)18-24)33-12-11-31-9-5-19-3-7-28(8-4-19)34-29(36-35-28)22-14-20-13-21(16-22)17-23(29)15-20/h1-2,6,10,18-23,31H,3-5,7-9,11-17H2,(H,32,33). The van der Waals surface area contributed by atoms with Gasteiger partial charge >= 0.3 is 0 Å². The fourth-order valence-electron chi connectivity index (χ4n) is 8.19. The van der Waals surface area contributed by atoms with Gasteiger partial charge in [-0.05, 0) is 99.9 Å². The Kier molecular flexibility index (Phi) is 6.17. The largest absolute Gasteiger partial charge is 0.383 e. The van der Waals surface area contributed by atoms with Gasteiger partial charge in [0.15, 0.2) is 0 Å². The summed E-state index contributed by atoms with van der Waals surface area (Å²) in [5.74, 6) is 2.72. The molecule has 2 spiro atoms. The molecular formula is C29H38ClN3O3. The number of nitrogens with one attached hydrogen (secondary N) is 2. The van der Waals surface area contributed by atoms with Crippen molar-refractivity contribution in [1.29, 1.82) is 0 Å². The van der Waals surface area contributed by atoms with E-state index >= 15 is 0 Å². The fourth-order valence-corrected chi connectivity index (χ4v) is 8.36. The lowest BCUT2D eigenvalue weighted by Crippen LogP contribution is -2.59. The number of pyridine rings is 1. The van der Waals surface area contributed by atoms with Crippen LogP contribution in [0, 0.1) is 29.6 Å². The van der Waals surface area contributed by atoms with Crippen molar-refractivity contribution in [3.8, 4) is 0 Å². The van der Waals surface area contributed by atoms with Crippen LogP contribution in [0.5, 0.6) is 0 Å². The number of benzene rings is 1. The van der Waals surface area contributed by atoms with Crippen LogP contribution in [0.3, 0.4) is 0 Å². The third-order valence-electron chi connectivity index (χ3n) is 9.86. The minimum absolute atomic E-state index is 0.429. The van der Waals surface area contributed by atoms with E-state index in [4.69, 9.17) is 26.1 Å². The van der Waals surface area contributed by atoms with Gasteiger partial charge in [-0.1, -0.05) is 11.6 Å². The highest BCUT2D eigenvalue weighted by atomic mass is 35.5. The summed E-state index contributed by atoms with van der Waals surface area (Å²) in [6, 6.07) is 7.88. The van der Waals surface area contributed by atoms with E-state index in [1.807, 2.05) is 30.5 Å². The van der Waals surface area contributed by atoms with E-state index in [2.05, 4.69) is 15.6 Å². The number of aromatic nitrogens is 1. The molecule has 0 unspecified atom stereocenters. The highest BCUT2D eigenvalue weighted by Crippen LogP contribution is 2.63. The molecule has 0 amide bonds. The summed E-state index contributed by atoms with van der Waals surface area (Å²) in [6.45, 7) is 2.85. The molecule has 2 N–H and O–H groups in total. The van der Waals surface area contributed by atoms with Crippen LogP contribution in [0.2, 0.25) is 5.02 Å². The molecule has 7 heteroatoms. The van der Waals surface area contributed by atoms with Gasteiger partial charge in [-0.15, -0.1) is 0 Å². The molecule has 8 rings (SSSR count). The van der Waals surface area contributed by atoms with Crippen molar-refractivity contribution in [2.45, 2.75) is 75.8 Å². The molecule has 1 aromatic carbocycles. The quantitative estimate of drug-likeness (QED) is 0.336. The maximum atomic E-state index is 6.86. The van der Waals surface area contributed by atoms with Gasteiger partial charge in [-0.25, -0.2) is 0 Å². The van der Waals surface area contributed by atoms with E-state index in [0.29, 0.717) is 16.9 Å². The molecule has 6 nitrogen and oxygen atoms in total. The zero-order valence-corrected chi connectivity index (χ0v) is 21.8. The van der Waals surface area contributed by atoms with Gasteiger partial charge in [0.25, 0.3) is 0 Å². The summed E-state index contributed by atoms with van der Waals surface area (Å²) >= 11 is 6.10. The SMILES string of the molecule is Clc1ccc2c(NCCNCCC3CCC4(CC3)OOC3(O4)C4CC5CC(C4)CC3C5)ccnc2c1. The van der Waals surface area contributed by atoms with Crippen molar-refractivity contribution in [2.75, 3.05) is 25.0 Å².